The zero-order chi connectivity index (χ0) is 16.9. The number of urea groups is 1. The van der Waals surface area contributed by atoms with Crippen LogP contribution in [0.5, 0.6) is 11.5 Å². The highest BCUT2D eigenvalue weighted by atomic mass is 32.1. The zero-order valence-electron chi connectivity index (χ0n) is 14.0. The van der Waals surface area contributed by atoms with Gasteiger partial charge >= 0.3 is 6.03 Å². The molecule has 1 aromatic heterocycles. The number of fused-ring (bicyclic) bond motifs is 1. The number of para-hydroxylation sites is 2. The van der Waals surface area contributed by atoms with Crippen molar-refractivity contribution in [1.29, 1.82) is 0 Å². The fourth-order valence-corrected chi connectivity index (χ4v) is 3.44. The lowest BCUT2D eigenvalue weighted by Gasteiger charge is -2.30. The summed E-state index contributed by atoms with van der Waals surface area (Å²) in [6.45, 7) is 6.15. The zero-order valence-corrected chi connectivity index (χ0v) is 14.8. The van der Waals surface area contributed by atoms with Gasteiger partial charge in [0, 0.05) is 16.3 Å². The molecular weight excluding hydrogens is 324 g/mol. The number of likely N-dealkylation sites (N-methyl/N-ethyl adjacent to an activating group) is 1. The Balaban J connectivity index is 1.53. The smallest absolute Gasteiger partial charge is 0.317 e. The standard InChI is InChI=1S/C18H22N2O3S/c1-3-20(18(21)19-10-15-9-8-13(2)24-15)11-14-12-22-16-6-4-5-7-17(16)23-14/h4-9,14H,3,10-12H2,1-2H3,(H,19,21)/t14-/m0/s1. The number of benzene rings is 1. The van der Waals surface area contributed by atoms with Crippen molar-refractivity contribution in [2.45, 2.75) is 26.5 Å². The van der Waals surface area contributed by atoms with Gasteiger partial charge in [-0.25, -0.2) is 4.79 Å². The first-order valence-electron chi connectivity index (χ1n) is 8.12. The molecule has 24 heavy (non-hydrogen) atoms. The van der Waals surface area contributed by atoms with E-state index in [9.17, 15) is 4.79 Å². The monoisotopic (exact) mass is 346 g/mol. The number of rotatable bonds is 5. The fraction of sp³-hybridized carbons (Fsp3) is 0.389. The van der Waals surface area contributed by atoms with Gasteiger partial charge in [0.25, 0.3) is 0 Å². The molecular formula is C18H22N2O3S. The van der Waals surface area contributed by atoms with E-state index in [2.05, 4.69) is 18.3 Å². The minimum Gasteiger partial charge on any atom is -0.486 e. The van der Waals surface area contributed by atoms with E-state index in [1.54, 1.807) is 16.2 Å². The number of thiophene rings is 1. The average Bonchev–Trinajstić information content (AvgIpc) is 3.02. The average molecular weight is 346 g/mol. The molecule has 0 saturated heterocycles. The molecule has 1 aromatic carbocycles. The lowest BCUT2D eigenvalue weighted by Crippen LogP contribution is -2.47. The summed E-state index contributed by atoms with van der Waals surface area (Å²) in [4.78, 5) is 16.6. The van der Waals surface area contributed by atoms with Crippen molar-refractivity contribution in [2.75, 3.05) is 19.7 Å². The van der Waals surface area contributed by atoms with E-state index in [0.29, 0.717) is 26.2 Å². The van der Waals surface area contributed by atoms with Crippen molar-refractivity contribution in [3.05, 3.63) is 46.2 Å². The third-order valence-electron chi connectivity index (χ3n) is 3.87. The van der Waals surface area contributed by atoms with E-state index >= 15 is 0 Å². The Morgan fingerprint density at radius 3 is 2.79 bits per heavy atom. The highest BCUT2D eigenvalue weighted by Gasteiger charge is 2.24. The maximum atomic E-state index is 12.4. The number of hydrogen-bond donors (Lipinski definition) is 1. The van der Waals surface area contributed by atoms with Gasteiger partial charge in [-0.15, -0.1) is 11.3 Å². The molecule has 0 fully saturated rings. The molecule has 6 heteroatoms. The fourth-order valence-electron chi connectivity index (χ4n) is 2.61. The van der Waals surface area contributed by atoms with Gasteiger partial charge in [-0.1, -0.05) is 12.1 Å². The Bertz CT molecular complexity index is 701. The molecule has 3 rings (SSSR count). The molecule has 2 aromatic rings. The van der Waals surface area contributed by atoms with Gasteiger partial charge in [-0.3, -0.25) is 0 Å². The van der Waals surface area contributed by atoms with Gasteiger partial charge in [0.15, 0.2) is 17.6 Å². The maximum absolute atomic E-state index is 12.4. The normalized spacial score (nSPS) is 15.8. The first kappa shape index (κ1) is 16.6. The van der Waals surface area contributed by atoms with Crippen LogP contribution in [0.4, 0.5) is 4.79 Å². The van der Waals surface area contributed by atoms with E-state index in [4.69, 9.17) is 9.47 Å². The molecule has 5 nitrogen and oxygen atoms in total. The van der Waals surface area contributed by atoms with Crippen LogP contribution >= 0.6 is 11.3 Å². The number of amides is 2. The largest absolute Gasteiger partial charge is 0.486 e. The van der Waals surface area contributed by atoms with Crippen LogP contribution in [0.25, 0.3) is 0 Å². The van der Waals surface area contributed by atoms with Crippen LogP contribution in [0.3, 0.4) is 0 Å². The van der Waals surface area contributed by atoms with Crippen molar-refractivity contribution in [1.82, 2.24) is 10.2 Å². The predicted octanol–water partition coefficient (Wildman–Crippen LogP) is 3.43. The van der Waals surface area contributed by atoms with Crippen molar-refractivity contribution >= 4 is 17.4 Å². The van der Waals surface area contributed by atoms with Crippen LogP contribution in [0.1, 0.15) is 16.7 Å². The van der Waals surface area contributed by atoms with Crippen molar-refractivity contribution < 1.29 is 14.3 Å². The first-order valence-corrected chi connectivity index (χ1v) is 8.94. The van der Waals surface area contributed by atoms with Crippen LogP contribution in [-0.2, 0) is 6.54 Å². The minimum absolute atomic E-state index is 0.0778. The molecule has 0 saturated carbocycles. The summed E-state index contributed by atoms with van der Waals surface area (Å²) < 4.78 is 11.6. The molecule has 0 bridgehead atoms. The third kappa shape index (κ3) is 4.00. The SMILES string of the molecule is CCN(C[C@H]1COc2ccccc2O1)C(=O)NCc1ccc(C)s1. The number of carbonyl (C=O) groups is 1. The Hall–Kier alpha value is -2.21. The van der Waals surface area contributed by atoms with Crippen molar-refractivity contribution in [2.24, 2.45) is 0 Å². The number of carbonyl (C=O) groups excluding carboxylic acids is 1. The topological polar surface area (TPSA) is 50.8 Å². The highest BCUT2D eigenvalue weighted by Crippen LogP contribution is 2.31. The van der Waals surface area contributed by atoms with E-state index in [1.807, 2.05) is 37.3 Å². The molecule has 0 radical (unpaired) electrons. The Morgan fingerprint density at radius 1 is 1.29 bits per heavy atom. The van der Waals surface area contributed by atoms with Gasteiger partial charge in [-0.2, -0.15) is 0 Å². The van der Waals surface area contributed by atoms with Gasteiger partial charge in [0.2, 0.25) is 0 Å². The summed E-state index contributed by atoms with van der Waals surface area (Å²) in [6, 6.07) is 11.6. The van der Waals surface area contributed by atoms with Crippen LogP contribution in [0.2, 0.25) is 0 Å². The molecule has 0 unspecified atom stereocenters. The van der Waals surface area contributed by atoms with Gasteiger partial charge < -0.3 is 19.7 Å². The lowest BCUT2D eigenvalue weighted by atomic mass is 10.2. The van der Waals surface area contributed by atoms with Crippen LogP contribution < -0.4 is 14.8 Å². The van der Waals surface area contributed by atoms with Gasteiger partial charge in [-0.05, 0) is 38.1 Å². The summed E-state index contributed by atoms with van der Waals surface area (Å²) in [6.07, 6.45) is -0.158. The third-order valence-corrected chi connectivity index (χ3v) is 4.87. The summed E-state index contributed by atoms with van der Waals surface area (Å²) >= 11 is 1.70. The second-order valence-electron chi connectivity index (χ2n) is 5.71. The maximum Gasteiger partial charge on any atom is 0.317 e. The molecule has 128 valence electrons. The summed E-state index contributed by atoms with van der Waals surface area (Å²) in [5, 5.41) is 2.97. The van der Waals surface area contributed by atoms with E-state index in [1.165, 1.54) is 4.88 Å². The number of ether oxygens (including phenoxy) is 2. The van der Waals surface area contributed by atoms with E-state index in [0.717, 1.165) is 16.4 Å². The molecule has 2 amide bonds. The lowest BCUT2D eigenvalue weighted by molar-refractivity contribution is 0.0675. The second-order valence-corrected chi connectivity index (χ2v) is 7.08. The summed E-state index contributed by atoms with van der Waals surface area (Å²) in [5.74, 6) is 1.49. The summed E-state index contributed by atoms with van der Waals surface area (Å²) in [5.41, 5.74) is 0. The van der Waals surface area contributed by atoms with Gasteiger partial charge in [0.05, 0.1) is 13.1 Å². The first-order chi connectivity index (χ1) is 11.7. The quantitative estimate of drug-likeness (QED) is 0.902. The molecule has 0 spiro atoms. The van der Waals surface area contributed by atoms with E-state index in [-0.39, 0.29) is 12.1 Å². The molecule has 1 N–H and O–H groups in total. The second kappa shape index (κ2) is 7.57. The molecule has 0 aliphatic carbocycles. The van der Waals surface area contributed by atoms with Crippen LogP contribution in [0.15, 0.2) is 36.4 Å². The van der Waals surface area contributed by atoms with Gasteiger partial charge in [0.1, 0.15) is 6.61 Å². The Morgan fingerprint density at radius 2 is 2.08 bits per heavy atom. The number of hydrogen-bond acceptors (Lipinski definition) is 4. The highest BCUT2D eigenvalue weighted by molar-refractivity contribution is 7.11. The van der Waals surface area contributed by atoms with Crippen LogP contribution in [-0.4, -0.2) is 36.7 Å². The van der Waals surface area contributed by atoms with Crippen LogP contribution in [0, 0.1) is 6.92 Å². The number of nitrogens with one attached hydrogen (secondary N) is 1. The minimum atomic E-state index is -0.158. The molecule has 2 heterocycles. The van der Waals surface area contributed by atoms with Crippen molar-refractivity contribution in [3.63, 3.8) is 0 Å². The van der Waals surface area contributed by atoms with E-state index < -0.39 is 0 Å². The Labute approximate surface area is 146 Å². The number of aryl methyl sites for hydroxylation is 1. The summed E-state index contributed by atoms with van der Waals surface area (Å²) in [7, 11) is 0. The van der Waals surface area contributed by atoms with Crippen molar-refractivity contribution in [3.8, 4) is 11.5 Å². The Kier molecular flexibility index (Phi) is 5.25. The molecule has 1 atom stereocenters. The number of nitrogens with zero attached hydrogens (tertiary/aromatic N) is 1. The molecule has 1 aliphatic rings. The predicted molar refractivity (Wildman–Crippen MR) is 94.9 cm³/mol. The molecule has 1 aliphatic heterocycles.